The highest BCUT2D eigenvalue weighted by Gasteiger charge is 2.13. The maximum absolute atomic E-state index is 2.36. The minimum absolute atomic E-state index is 0.517. The molecule has 0 saturated carbocycles. The molecule has 0 nitrogen and oxygen atoms in total. The molecule has 0 unspecified atom stereocenters. The second-order valence-electron chi connectivity index (χ2n) is 5.32. The smallest absolute Gasteiger partial charge is 0.0383 e. The Labute approximate surface area is 72.4 Å². The summed E-state index contributed by atoms with van der Waals surface area (Å²) in [6.07, 6.45) is 2.73. The van der Waals surface area contributed by atoms with Gasteiger partial charge in [0, 0.05) is 0 Å². The van der Waals surface area contributed by atoms with Crippen LogP contribution in [0.2, 0.25) is 0 Å². The highest BCUT2D eigenvalue weighted by molar-refractivity contribution is 4.65. The van der Waals surface area contributed by atoms with E-state index in [9.17, 15) is 0 Å². The lowest BCUT2D eigenvalue weighted by atomic mass is 9.84. The van der Waals surface area contributed by atoms with Crippen molar-refractivity contribution in [1.29, 1.82) is 0 Å². The maximum Gasteiger partial charge on any atom is -0.0383 e. The van der Waals surface area contributed by atoms with Gasteiger partial charge in [-0.05, 0) is 30.1 Å². The van der Waals surface area contributed by atoms with Gasteiger partial charge >= 0.3 is 0 Å². The average Bonchev–Trinajstić information content (AvgIpc) is 1.80. The summed E-state index contributed by atoms with van der Waals surface area (Å²) >= 11 is 0. The summed E-state index contributed by atoms with van der Waals surface area (Å²) < 4.78 is 0. The van der Waals surface area contributed by atoms with Gasteiger partial charge in [-0.1, -0.05) is 41.5 Å². The van der Waals surface area contributed by atoms with Crippen LogP contribution in [0.15, 0.2) is 0 Å². The minimum atomic E-state index is 0.517. The molecule has 0 heterocycles. The van der Waals surface area contributed by atoms with Crippen LogP contribution in [0.4, 0.5) is 0 Å². The third kappa shape index (κ3) is 6.40. The van der Waals surface area contributed by atoms with E-state index in [2.05, 4.69) is 41.5 Å². The molecule has 0 radical (unpaired) electrons. The van der Waals surface area contributed by atoms with E-state index in [1.54, 1.807) is 0 Å². The number of hydrogen-bond acceptors (Lipinski definition) is 0. The van der Waals surface area contributed by atoms with Crippen molar-refractivity contribution in [1.82, 2.24) is 0 Å². The monoisotopic (exact) mass is 156 g/mol. The second-order valence-corrected chi connectivity index (χ2v) is 5.32. The van der Waals surface area contributed by atoms with E-state index in [1.807, 2.05) is 0 Å². The van der Waals surface area contributed by atoms with Crippen LogP contribution in [-0.2, 0) is 0 Å². The van der Waals surface area contributed by atoms with Crippen molar-refractivity contribution in [2.45, 2.75) is 54.4 Å². The Morgan fingerprint density at radius 2 is 1.45 bits per heavy atom. The molecule has 0 aliphatic heterocycles. The highest BCUT2D eigenvalue weighted by Crippen LogP contribution is 2.26. The van der Waals surface area contributed by atoms with Gasteiger partial charge < -0.3 is 0 Å². The first-order valence-electron chi connectivity index (χ1n) is 4.83. The van der Waals surface area contributed by atoms with Gasteiger partial charge in [-0.25, -0.2) is 0 Å². The molecule has 0 saturated heterocycles. The zero-order valence-electron chi connectivity index (χ0n) is 9.07. The zero-order valence-corrected chi connectivity index (χ0v) is 9.07. The summed E-state index contributed by atoms with van der Waals surface area (Å²) in [6.45, 7) is 13.9. The van der Waals surface area contributed by atoms with Crippen LogP contribution >= 0.6 is 0 Å². The van der Waals surface area contributed by atoms with Gasteiger partial charge in [0.25, 0.3) is 0 Å². The standard InChI is InChI=1S/C11H24/c1-9(2)10(3)7-8-11(4,5)6/h9-10H,7-8H2,1-6H3/t10-/m0/s1. The van der Waals surface area contributed by atoms with E-state index < -0.39 is 0 Å². The van der Waals surface area contributed by atoms with Crippen LogP contribution in [0.1, 0.15) is 54.4 Å². The van der Waals surface area contributed by atoms with Gasteiger partial charge in [-0.15, -0.1) is 0 Å². The van der Waals surface area contributed by atoms with E-state index >= 15 is 0 Å². The van der Waals surface area contributed by atoms with Crippen molar-refractivity contribution < 1.29 is 0 Å². The largest absolute Gasteiger partial charge is 0.0625 e. The molecule has 68 valence electrons. The molecule has 0 spiro atoms. The summed E-state index contributed by atoms with van der Waals surface area (Å²) in [5.41, 5.74) is 0.517. The first-order chi connectivity index (χ1) is 4.83. The van der Waals surface area contributed by atoms with Crippen LogP contribution in [0.25, 0.3) is 0 Å². The van der Waals surface area contributed by atoms with E-state index in [0.717, 1.165) is 11.8 Å². The van der Waals surface area contributed by atoms with Crippen LogP contribution in [0.3, 0.4) is 0 Å². The summed E-state index contributed by atoms with van der Waals surface area (Å²) in [4.78, 5) is 0. The lowest BCUT2D eigenvalue weighted by Crippen LogP contribution is -2.10. The third-order valence-corrected chi connectivity index (χ3v) is 2.49. The van der Waals surface area contributed by atoms with Gasteiger partial charge in [0.2, 0.25) is 0 Å². The van der Waals surface area contributed by atoms with Crippen molar-refractivity contribution in [3.63, 3.8) is 0 Å². The number of hydrogen-bond donors (Lipinski definition) is 0. The Kier molecular flexibility index (Phi) is 4.13. The summed E-state index contributed by atoms with van der Waals surface area (Å²) in [7, 11) is 0. The molecule has 0 aliphatic carbocycles. The Morgan fingerprint density at radius 1 is 1.00 bits per heavy atom. The molecule has 11 heavy (non-hydrogen) atoms. The topological polar surface area (TPSA) is 0 Å². The van der Waals surface area contributed by atoms with E-state index in [0.29, 0.717) is 5.41 Å². The van der Waals surface area contributed by atoms with Crippen molar-refractivity contribution in [2.75, 3.05) is 0 Å². The molecule has 1 atom stereocenters. The summed E-state index contributed by atoms with van der Waals surface area (Å²) in [5, 5.41) is 0. The predicted octanol–water partition coefficient (Wildman–Crippen LogP) is 4.10. The highest BCUT2D eigenvalue weighted by atomic mass is 14.2. The van der Waals surface area contributed by atoms with Gasteiger partial charge in [0.05, 0.1) is 0 Å². The van der Waals surface area contributed by atoms with Crippen molar-refractivity contribution in [3.05, 3.63) is 0 Å². The molecule has 0 rings (SSSR count). The lowest BCUT2D eigenvalue weighted by molar-refractivity contribution is 0.294. The zero-order chi connectivity index (χ0) is 9.07. The minimum Gasteiger partial charge on any atom is -0.0625 e. The second kappa shape index (κ2) is 4.13. The molecular weight excluding hydrogens is 132 g/mol. The molecule has 0 bridgehead atoms. The van der Waals surface area contributed by atoms with Gasteiger partial charge in [-0.2, -0.15) is 0 Å². The molecule has 0 amide bonds. The molecule has 0 N–H and O–H groups in total. The Bertz CT molecular complexity index is 95.1. The quantitative estimate of drug-likeness (QED) is 0.577. The third-order valence-electron chi connectivity index (χ3n) is 2.49. The Balaban J connectivity index is 3.54. The fourth-order valence-electron chi connectivity index (χ4n) is 0.994. The molecular formula is C11H24. The van der Waals surface area contributed by atoms with E-state index in [1.165, 1.54) is 12.8 Å². The van der Waals surface area contributed by atoms with Crippen LogP contribution < -0.4 is 0 Å². The van der Waals surface area contributed by atoms with Crippen LogP contribution in [-0.4, -0.2) is 0 Å². The first-order valence-corrected chi connectivity index (χ1v) is 4.83. The Morgan fingerprint density at radius 3 is 1.73 bits per heavy atom. The predicted molar refractivity (Wildman–Crippen MR) is 52.7 cm³/mol. The lowest BCUT2D eigenvalue weighted by Gasteiger charge is -2.22. The fraction of sp³-hybridized carbons (Fsp3) is 1.00. The summed E-state index contributed by atoms with van der Waals surface area (Å²) in [5.74, 6) is 1.73. The van der Waals surface area contributed by atoms with Crippen molar-refractivity contribution in [3.8, 4) is 0 Å². The molecule has 0 heteroatoms. The average molecular weight is 156 g/mol. The van der Waals surface area contributed by atoms with Gasteiger partial charge in [0.15, 0.2) is 0 Å². The normalized spacial score (nSPS) is 15.5. The van der Waals surface area contributed by atoms with E-state index in [4.69, 9.17) is 0 Å². The van der Waals surface area contributed by atoms with Crippen LogP contribution in [0, 0.1) is 17.3 Å². The molecule has 0 aliphatic rings. The molecule has 0 fully saturated rings. The van der Waals surface area contributed by atoms with Gasteiger partial charge in [0.1, 0.15) is 0 Å². The van der Waals surface area contributed by atoms with E-state index in [-0.39, 0.29) is 0 Å². The molecule has 0 aromatic rings. The SMILES string of the molecule is CC(C)[C@@H](C)CCC(C)(C)C. The number of rotatable bonds is 3. The van der Waals surface area contributed by atoms with Crippen molar-refractivity contribution >= 4 is 0 Å². The fourth-order valence-corrected chi connectivity index (χ4v) is 0.994. The van der Waals surface area contributed by atoms with Gasteiger partial charge in [-0.3, -0.25) is 0 Å². The first kappa shape index (κ1) is 11.0. The van der Waals surface area contributed by atoms with Crippen LogP contribution in [0.5, 0.6) is 0 Å². The summed E-state index contributed by atoms with van der Waals surface area (Å²) in [6, 6.07) is 0. The van der Waals surface area contributed by atoms with Crippen molar-refractivity contribution in [2.24, 2.45) is 17.3 Å². The maximum atomic E-state index is 2.36. The molecule has 0 aromatic carbocycles. The molecule has 0 aromatic heterocycles. The Hall–Kier alpha value is 0.